The van der Waals surface area contributed by atoms with Gasteiger partial charge >= 0.3 is 0 Å². The lowest BCUT2D eigenvalue weighted by atomic mass is 9.95. The summed E-state index contributed by atoms with van der Waals surface area (Å²) in [6, 6.07) is 7.82. The van der Waals surface area contributed by atoms with Crippen LogP contribution in [0.25, 0.3) is 0 Å². The highest BCUT2D eigenvalue weighted by Gasteiger charge is 2.62. The number of hydrogen-bond acceptors (Lipinski definition) is 2. The van der Waals surface area contributed by atoms with E-state index in [4.69, 9.17) is 11.6 Å². The summed E-state index contributed by atoms with van der Waals surface area (Å²) < 4.78 is 27.7. The number of hydrogen-bond donors (Lipinski definition) is 1. The van der Waals surface area contributed by atoms with Crippen LogP contribution in [0.5, 0.6) is 0 Å². The van der Waals surface area contributed by atoms with Crippen molar-refractivity contribution < 1.29 is 8.78 Å². The van der Waals surface area contributed by atoms with Crippen LogP contribution in [0.3, 0.4) is 0 Å². The minimum atomic E-state index is -2.53. The fraction of sp³-hybridized carbons (Fsp3) is 0.647. The first-order chi connectivity index (χ1) is 10.4. The fourth-order valence-corrected chi connectivity index (χ4v) is 3.72. The summed E-state index contributed by atoms with van der Waals surface area (Å²) in [5.74, 6) is -3.11. The lowest BCUT2D eigenvalue weighted by Crippen LogP contribution is -2.56. The molecule has 0 unspecified atom stereocenters. The van der Waals surface area contributed by atoms with Gasteiger partial charge in [-0.05, 0) is 31.0 Å². The van der Waals surface area contributed by atoms with Gasteiger partial charge in [-0.2, -0.15) is 0 Å². The van der Waals surface area contributed by atoms with Crippen LogP contribution >= 0.6 is 11.6 Å². The van der Waals surface area contributed by atoms with E-state index in [1.54, 1.807) is 12.1 Å². The second-order valence-corrected chi connectivity index (χ2v) is 7.07. The Morgan fingerprint density at radius 2 is 2.00 bits per heavy atom. The third-order valence-corrected chi connectivity index (χ3v) is 5.20. The summed E-state index contributed by atoms with van der Waals surface area (Å²) in [5.41, 5.74) is 0.958. The first kappa shape index (κ1) is 16.2. The average molecular weight is 329 g/mol. The molecule has 0 spiro atoms. The molecular formula is C17H23ClF2N2. The van der Waals surface area contributed by atoms with Crippen LogP contribution in [0.2, 0.25) is 5.02 Å². The van der Waals surface area contributed by atoms with Crippen molar-refractivity contribution in [3.63, 3.8) is 0 Å². The highest BCUT2D eigenvalue weighted by molar-refractivity contribution is 6.30. The Morgan fingerprint density at radius 3 is 2.55 bits per heavy atom. The van der Waals surface area contributed by atoms with Gasteiger partial charge in [-0.15, -0.1) is 0 Å². The molecular weight excluding hydrogens is 306 g/mol. The Morgan fingerprint density at radius 1 is 1.36 bits per heavy atom. The minimum absolute atomic E-state index is 0.00492. The lowest BCUT2D eigenvalue weighted by molar-refractivity contribution is 0.0277. The molecule has 0 bridgehead atoms. The number of halogens is 3. The molecule has 0 aromatic heterocycles. The van der Waals surface area contributed by atoms with E-state index >= 15 is 0 Å². The summed E-state index contributed by atoms with van der Waals surface area (Å²) in [4.78, 5) is 2.29. The van der Waals surface area contributed by atoms with Gasteiger partial charge in [-0.3, -0.25) is 4.90 Å². The first-order valence-electron chi connectivity index (χ1n) is 8.04. The smallest absolute Gasteiger partial charge is 0.253 e. The Hall–Kier alpha value is -0.710. The monoisotopic (exact) mass is 328 g/mol. The molecule has 1 N–H and O–H groups in total. The van der Waals surface area contributed by atoms with E-state index < -0.39 is 11.8 Å². The van der Waals surface area contributed by atoms with Crippen LogP contribution in [0.15, 0.2) is 24.3 Å². The average Bonchev–Trinajstić information content (AvgIpc) is 3.10. The van der Waals surface area contributed by atoms with Gasteiger partial charge in [-0.1, -0.05) is 30.7 Å². The van der Waals surface area contributed by atoms with Gasteiger partial charge in [0.05, 0.1) is 0 Å². The van der Waals surface area contributed by atoms with E-state index in [1.165, 1.54) is 0 Å². The number of nitrogens with one attached hydrogen (secondary N) is 1. The van der Waals surface area contributed by atoms with Gasteiger partial charge in [0.1, 0.15) is 0 Å². The maximum Gasteiger partial charge on any atom is 0.253 e. The van der Waals surface area contributed by atoms with E-state index in [1.807, 2.05) is 12.1 Å². The molecule has 4 atom stereocenters. The summed E-state index contributed by atoms with van der Waals surface area (Å²) in [6.45, 7) is 5.90. The second-order valence-electron chi connectivity index (χ2n) is 6.64. The summed E-state index contributed by atoms with van der Waals surface area (Å²) in [5, 5.41) is 4.10. The standard InChI is InChI=1S/C17H23ClF2N2/c1-3-14-9-21-11(2)10-22(14)16(15-8-17(15,19)20)12-4-6-13(18)7-5-12/h4-7,11,14-16,21H,3,8-10H2,1-2H3/t11-,14+,15-,16+/m0/s1. The molecule has 0 amide bonds. The molecule has 2 fully saturated rings. The normalized spacial score (nSPS) is 32.7. The van der Waals surface area contributed by atoms with Gasteiger partial charge in [0, 0.05) is 48.6 Å². The largest absolute Gasteiger partial charge is 0.311 e. The third-order valence-electron chi connectivity index (χ3n) is 4.95. The van der Waals surface area contributed by atoms with Gasteiger partial charge < -0.3 is 5.32 Å². The van der Waals surface area contributed by atoms with Crippen LogP contribution in [0.1, 0.15) is 38.3 Å². The Balaban J connectivity index is 1.92. The zero-order valence-corrected chi connectivity index (χ0v) is 13.8. The quantitative estimate of drug-likeness (QED) is 0.895. The molecule has 0 radical (unpaired) electrons. The molecule has 1 saturated carbocycles. The first-order valence-corrected chi connectivity index (χ1v) is 8.42. The Labute approximate surface area is 135 Å². The van der Waals surface area contributed by atoms with Crippen molar-refractivity contribution in [2.45, 2.75) is 50.7 Å². The molecule has 1 aliphatic heterocycles. The molecule has 2 aliphatic rings. The van der Waals surface area contributed by atoms with E-state index in [9.17, 15) is 8.78 Å². The number of piperazine rings is 1. The molecule has 2 nitrogen and oxygen atoms in total. The zero-order chi connectivity index (χ0) is 15.9. The number of nitrogens with zero attached hydrogens (tertiary/aromatic N) is 1. The topological polar surface area (TPSA) is 15.3 Å². The molecule has 22 heavy (non-hydrogen) atoms. The third kappa shape index (κ3) is 3.15. The maximum atomic E-state index is 13.8. The summed E-state index contributed by atoms with van der Waals surface area (Å²) in [6.07, 6.45) is 0.955. The van der Waals surface area contributed by atoms with Crippen LogP contribution in [0.4, 0.5) is 8.78 Å². The zero-order valence-electron chi connectivity index (χ0n) is 13.0. The molecule has 1 aromatic rings. The van der Waals surface area contributed by atoms with Gasteiger partial charge in [-0.25, -0.2) is 8.78 Å². The molecule has 122 valence electrons. The van der Waals surface area contributed by atoms with Crippen LogP contribution in [-0.4, -0.2) is 36.0 Å². The Kier molecular flexibility index (Phi) is 4.45. The minimum Gasteiger partial charge on any atom is -0.311 e. The fourth-order valence-electron chi connectivity index (χ4n) is 3.60. The molecule has 5 heteroatoms. The highest BCUT2D eigenvalue weighted by atomic mass is 35.5. The van der Waals surface area contributed by atoms with Crippen molar-refractivity contribution in [3.05, 3.63) is 34.9 Å². The van der Waals surface area contributed by atoms with Crippen molar-refractivity contribution in [3.8, 4) is 0 Å². The van der Waals surface area contributed by atoms with Crippen molar-refractivity contribution in [1.82, 2.24) is 10.2 Å². The number of alkyl halides is 2. The maximum absolute atomic E-state index is 13.8. The predicted octanol–water partition coefficient (Wildman–Crippen LogP) is 4.11. The molecule has 1 aliphatic carbocycles. The summed E-state index contributed by atoms with van der Waals surface area (Å²) in [7, 11) is 0. The number of benzene rings is 1. The summed E-state index contributed by atoms with van der Waals surface area (Å²) >= 11 is 5.96. The molecule has 1 saturated heterocycles. The number of rotatable bonds is 4. The van der Waals surface area contributed by atoms with E-state index in [-0.39, 0.29) is 12.5 Å². The van der Waals surface area contributed by atoms with Crippen LogP contribution in [-0.2, 0) is 0 Å². The Bertz CT molecular complexity index is 520. The predicted molar refractivity (Wildman–Crippen MR) is 85.5 cm³/mol. The SMILES string of the molecule is CC[C@@H]1CN[C@@H](C)CN1[C@H](c1ccc(Cl)cc1)[C@@H]1CC1(F)F. The lowest BCUT2D eigenvalue weighted by Gasteiger charge is -2.44. The van der Waals surface area contributed by atoms with Crippen molar-refractivity contribution in [2.24, 2.45) is 5.92 Å². The molecule has 1 heterocycles. The van der Waals surface area contributed by atoms with Crippen LogP contribution < -0.4 is 5.32 Å². The van der Waals surface area contributed by atoms with Crippen molar-refractivity contribution in [1.29, 1.82) is 0 Å². The van der Waals surface area contributed by atoms with Crippen molar-refractivity contribution in [2.75, 3.05) is 13.1 Å². The molecule has 1 aromatic carbocycles. The van der Waals surface area contributed by atoms with Gasteiger partial charge in [0.15, 0.2) is 0 Å². The highest BCUT2D eigenvalue weighted by Crippen LogP contribution is 2.57. The van der Waals surface area contributed by atoms with Gasteiger partial charge in [0.2, 0.25) is 0 Å². The van der Waals surface area contributed by atoms with E-state index in [2.05, 4.69) is 24.1 Å². The second kappa shape index (κ2) is 6.06. The molecule has 3 rings (SSSR count). The van der Waals surface area contributed by atoms with Gasteiger partial charge in [0.25, 0.3) is 5.92 Å². The van der Waals surface area contributed by atoms with E-state index in [0.29, 0.717) is 17.1 Å². The van der Waals surface area contributed by atoms with Crippen molar-refractivity contribution >= 4 is 11.6 Å². The van der Waals surface area contributed by atoms with E-state index in [0.717, 1.165) is 25.1 Å². The van der Waals surface area contributed by atoms with Crippen LogP contribution in [0, 0.1) is 5.92 Å².